The van der Waals surface area contributed by atoms with E-state index in [0.717, 1.165) is 62.6 Å². The summed E-state index contributed by atoms with van der Waals surface area (Å²) >= 11 is 0. The van der Waals surface area contributed by atoms with Gasteiger partial charge in [0.2, 0.25) is 0 Å². The van der Waals surface area contributed by atoms with Crippen LogP contribution in [0.5, 0.6) is 0 Å². The van der Waals surface area contributed by atoms with E-state index in [0.29, 0.717) is 0 Å². The molecule has 0 saturated carbocycles. The fourth-order valence-corrected chi connectivity index (χ4v) is 18.3. The van der Waals surface area contributed by atoms with E-state index in [-0.39, 0.29) is 7.43 Å². The molecule has 3 fully saturated rings. The third-order valence-electron chi connectivity index (χ3n) is 24.6. The SMILES string of the molecule is C.C[n+]1ccc(C(c2cc[n+](C)cc2)=c2c3ccccc3c(=C3NC=CN3)c3ccccc23)cc1.C[n+]1ccc(C(c2cc[n+](C)cc2)=c2c3ccccc3c(=C3NCCN3)c3ccccc23)cc1.C[n+]1ccc(C(c2cc[n+](C)cc2)=c2ccc(=C3NCCN3)c3ccccc23)cc1.C[n+]1ccc(C(c2cc[n+](C)cc2)=c2ccc(=C3NCCN3)c3ccccc23)cc1. The van der Waals surface area contributed by atoms with Gasteiger partial charge >= 0.3 is 0 Å². The highest BCUT2D eigenvalue weighted by molar-refractivity contribution is 6.07. The van der Waals surface area contributed by atoms with Crippen molar-refractivity contribution in [2.45, 2.75) is 7.43 Å². The number of nitrogens with one attached hydrogen (secondary N) is 8. The molecule has 0 aliphatic carbocycles. The molecular formula is C113H110N16+8. The van der Waals surface area contributed by atoms with Gasteiger partial charge in [0.15, 0.2) is 99.1 Å². The molecule has 0 bridgehead atoms. The first kappa shape index (κ1) is 83.9. The first-order valence-corrected chi connectivity index (χ1v) is 44.0. The van der Waals surface area contributed by atoms with Crippen molar-refractivity contribution in [1.82, 2.24) is 42.5 Å². The van der Waals surface area contributed by atoms with Crippen LogP contribution in [0.3, 0.4) is 0 Å². The number of pyridine rings is 8. The van der Waals surface area contributed by atoms with Crippen molar-refractivity contribution >= 4 is 110 Å². The summed E-state index contributed by atoms with van der Waals surface area (Å²) in [5, 5.41) is 52.8. The molecule has 10 aromatic carbocycles. The second-order valence-corrected chi connectivity index (χ2v) is 33.3. The number of nitrogens with zero attached hydrogens (tertiary/aromatic N) is 8. The average molecular weight is 1690 g/mol. The lowest BCUT2D eigenvalue weighted by Crippen LogP contribution is -2.28. The molecule has 18 aromatic rings. The molecule has 0 amide bonds. The van der Waals surface area contributed by atoms with Crippen molar-refractivity contribution in [2.75, 3.05) is 39.3 Å². The van der Waals surface area contributed by atoms with E-state index in [1.807, 2.05) is 12.4 Å². The van der Waals surface area contributed by atoms with Crippen LogP contribution in [0, 0.1) is 0 Å². The van der Waals surface area contributed by atoms with Crippen LogP contribution in [0.1, 0.15) is 51.9 Å². The molecule has 4 aliphatic heterocycles. The first-order chi connectivity index (χ1) is 62.8. The van der Waals surface area contributed by atoms with Gasteiger partial charge in [-0.05, 0) is 152 Å². The fourth-order valence-electron chi connectivity index (χ4n) is 18.3. The Kier molecular flexibility index (Phi) is 24.4. The van der Waals surface area contributed by atoms with E-state index in [1.165, 1.54) is 173 Å². The fraction of sp³-hybridized carbons (Fsp3) is 0.133. The summed E-state index contributed by atoms with van der Waals surface area (Å²) in [7, 11) is 16.4. The molecule has 0 spiro atoms. The Morgan fingerprint density at radius 3 is 0.628 bits per heavy atom. The summed E-state index contributed by atoms with van der Waals surface area (Å²) < 4.78 is 16.6. The standard InChI is InChI=1S/C30H27N4.C30H25N4.2C26H25N4.CH4/c2*1-33-17-11-21(12-18-33)27(22-13-19-34(2)20-14-22)28-23-7-3-5-9-25(23)29(30-31-15-16-32-30)26-10-6-4-8-24(26)28;2*1-29-15-9-19(10-16-29)25(20-11-17-30(2)18-12-20)23-7-8-24(26-27-13-14-28-26)22-6-4-3-5-21(22)23;/h3-14,17-20H,15-16H2,1-2H3,(H,31,32);3-20H,1-2H3,(H,31,32);2*3-12,15-18H,13-14H2,1-2H3,(H,27,28);1H4/q4*+1;/p+4. The van der Waals surface area contributed by atoms with Gasteiger partial charge in [-0.15, -0.1) is 0 Å². The van der Waals surface area contributed by atoms with Crippen LogP contribution in [0.2, 0.25) is 0 Å². The van der Waals surface area contributed by atoms with Gasteiger partial charge in [0.1, 0.15) is 79.7 Å². The summed E-state index contributed by atoms with van der Waals surface area (Å²) in [5.41, 5.74) is 14.6. The predicted octanol–water partition coefficient (Wildman–Crippen LogP) is 7.39. The van der Waals surface area contributed by atoms with Gasteiger partial charge in [-0.25, -0.2) is 36.5 Å². The Bertz CT molecular complexity index is 7100. The van der Waals surface area contributed by atoms with Gasteiger partial charge in [-0.2, -0.15) is 0 Å². The maximum atomic E-state index is 3.57. The van der Waals surface area contributed by atoms with Crippen molar-refractivity contribution in [1.29, 1.82) is 0 Å². The van der Waals surface area contributed by atoms with Gasteiger partial charge in [0.25, 0.3) is 0 Å². The van der Waals surface area contributed by atoms with Crippen molar-refractivity contribution in [2.24, 2.45) is 56.4 Å². The predicted molar refractivity (Wildman–Crippen MR) is 519 cm³/mol. The van der Waals surface area contributed by atoms with Crippen LogP contribution in [-0.4, -0.2) is 39.3 Å². The molecule has 0 unspecified atom stereocenters. The molecule has 634 valence electrons. The first-order valence-electron chi connectivity index (χ1n) is 44.0. The van der Waals surface area contributed by atoms with Crippen molar-refractivity contribution < 1.29 is 36.5 Å². The van der Waals surface area contributed by atoms with Crippen LogP contribution in [0.25, 0.3) is 110 Å². The molecule has 16 heteroatoms. The summed E-state index contributed by atoms with van der Waals surface area (Å²) in [6, 6.07) is 96.7. The van der Waals surface area contributed by atoms with E-state index < -0.39 is 0 Å². The molecule has 4 aliphatic rings. The summed E-state index contributed by atoms with van der Waals surface area (Å²) in [4.78, 5) is 0. The van der Waals surface area contributed by atoms with E-state index in [2.05, 4.69) is 502 Å². The molecular weight excluding hydrogens is 1580 g/mol. The number of hydrogen-bond acceptors (Lipinski definition) is 8. The van der Waals surface area contributed by atoms with Crippen molar-refractivity contribution in [3.05, 3.63) is 465 Å². The van der Waals surface area contributed by atoms with E-state index >= 15 is 0 Å². The summed E-state index contributed by atoms with van der Waals surface area (Å²) in [6.45, 7) is 5.74. The number of benzene rings is 10. The number of aromatic nitrogens is 8. The molecule has 129 heavy (non-hydrogen) atoms. The van der Waals surface area contributed by atoms with Crippen LogP contribution in [-0.2, 0) is 56.4 Å². The monoisotopic (exact) mass is 1690 g/mol. The van der Waals surface area contributed by atoms with E-state index in [9.17, 15) is 0 Å². The Balaban J connectivity index is 0.000000116. The maximum Gasteiger partial charge on any atom is 0.169 e. The minimum Gasteiger partial charge on any atom is -0.370 e. The number of rotatable bonds is 8. The summed E-state index contributed by atoms with van der Waals surface area (Å²) in [5.74, 6) is 4.38. The molecule has 0 atom stereocenters. The molecule has 8 aromatic heterocycles. The summed E-state index contributed by atoms with van der Waals surface area (Å²) in [6.07, 6.45) is 37.7. The zero-order valence-electron chi connectivity index (χ0n) is 73.6. The van der Waals surface area contributed by atoms with Gasteiger partial charge < -0.3 is 42.5 Å². The molecule has 22 rings (SSSR count). The van der Waals surface area contributed by atoms with E-state index in [1.54, 1.807) is 0 Å². The Morgan fingerprint density at radius 1 is 0.194 bits per heavy atom. The highest BCUT2D eigenvalue weighted by Crippen LogP contribution is 2.29. The van der Waals surface area contributed by atoms with Crippen molar-refractivity contribution in [3.8, 4) is 0 Å². The van der Waals surface area contributed by atoms with Crippen LogP contribution < -0.4 is 121 Å². The smallest absolute Gasteiger partial charge is 0.169 e. The minimum absolute atomic E-state index is 0. The second kappa shape index (κ2) is 37.5. The number of fused-ring (bicyclic) bond motifs is 6. The third-order valence-corrected chi connectivity index (χ3v) is 24.6. The molecule has 16 nitrogen and oxygen atoms in total. The minimum atomic E-state index is 0. The Hall–Kier alpha value is -15.9. The topological polar surface area (TPSA) is 127 Å². The zero-order chi connectivity index (χ0) is 87.1. The third kappa shape index (κ3) is 17.3. The Labute approximate surface area is 752 Å². The van der Waals surface area contributed by atoms with Crippen LogP contribution in [0.15, 0.2) is 378 Å². The van der Waals surface area contributed by atoms with Gasteiger partial charge in [0, 0.05) is 170 Å². The highest BCUT2D eigenvalue weighted by atomic mass is 15.2. The lowest BCUT2D eigenvalue weighted by Gasteiger charge is -2.14. The second-order valence-electron chi connectivity index (χ2n) is 33.3. The molecule has 0 radical (unpaired) electrons. The Morgan fingerprint density at radius 2 is 0.388 bits per heavy atom. The molecule has 12 heterocycles. The average Bonchev–Trinajstić information content (AvgIpc) is 1.47. The molecule has 3 saturated heterocycles. The van der Waals surface area contributed by atoms with Gasteiger partial charge in [-0.3, -0.25) is 0 Å². The lowest BCUT2D eigenvalue weighted by atomic mass is 9.90. The normalized spacial score (nSPS) is 13.0. The number of hydrogen-bond donors (Lipinski definition) is 8. The zero-order valence-corrected chi connectivity index (χ0v) is 73.6. The van der Waals surface area contributed by atoms with Crippen LogP contribution in [0.4, 0.5) is 0 Å². The highest BCUT2D eigenvalue weighted by Gasteiger charge is 2.23. The van der Waals surface area contributed by atoms with Crippen LogP contribution >= 0.6 is 0 Å². The lowest BCUT2D eigenvalue weighted by molar-refractivity contribution is -0.671. The van der Waals surface area contributed by atoms with E-state index in [4.69, 9.17) is 0 Å². The van der Waals surface area contributed by atoms with Crippen molar-refractivity contribution in [3.63, 3.8) is 0 Å². The molecule has 8 N–H and O–H groups in total. The largest absolute Gasteiger partial charge is 0.370 e. The number of aryl methyl sites for hydroxylation is 8. The maximum absolute atomic E-state index is 3.57. The van der Waals surface area contributed by atoms with Gasteiger partial charge in [0.05, 0.1) is 0 Å². The quantitative estimate of drug-likeness (QED) is 0.0586. The van der Waals surface area contributed by atoms with Gasteiger partial charge in [-0.1, -0.05) is 177 Å².